The van der Waals surface area contributed by atoms with Crippen molar-refractivity contribution < 1.29 is 23.9 Å². The maximum atomic E-state index is 12.9. The molecular weight excluding hydrogens is 420 g/mol. The first kappa shape index (κ1) is 21.4. The predicted octanol–water partition coefficient (Wildman–Crippen LogP) is 3.58. The van der Waals surface area contributed by atoms with E-state index in [2.05, 4.69) is 5.32 Å². The lowest BCUT2D eigenvalue weighted by Gasteiger charge is -2.19. The highest BCUT2D eigenvalue weighted by Gasteiger charge is 2.61. The Morgan fingerprint density at radius 1 is 0.970 bits per heavy atom. The van der Waals surface area contributed by atoms with Gasteiger partial charge < -0.3 is 10.1 Å². The van der Waals surface area contributed by atoms with Crippen molar-refractivity contribution in [3.8, 4) is 0 Å². The fourth-order valence-electron chi connectivity index (χ4n) is 5.76. The number of carbonyl (C=O) groups is 4. The molecule has 5 rings (SSSR count). The van der Waals surface area contributed by atoms with Gasteiger partial charge in [-0.05, 0) is 73.4 Å². The van der Waals surface area contributed by atoms with Crippen LogP contribution in [-0.2, 0) is 25.5 Å². The van der Waals surface area contributed by atoms with Gasteiger partial charge >= 0.3 is 5.97 Å². The number of fused-ring (bicyclic) bond motifs is 5. The fraction of sp³-hybridized carbons (Fsp3) is 0.385. The topological polar surface area (TPSA) is 92.8 Å². The zero-order valence-corrected chi connectivity index (χ0v) is 18.5. The quantitative estimate of drug-likeness (QED) is 0.541. The number of hydrogen-bond acceptors (Lipinski definition) is 5. The highest BCUT2D eigenvalue weighted by Crippen LogP contribution is 2.56. The summed E-state index contributed by atoms with van der Waals surface area (Å²) in [5.41, 5.74) is 2.42. The molecule has 3 aliphatic rings. The van der Waals surface area contributed by atoms with Crippen LogP contribution in [0.4, 0.5) is 11.4 Å². The summed E-state index contributed by atoms with van der Waals surface area (Å²) in [5, 5.41) is 2.76. The van der Waals surface area contributed by atoms with E-state index in [1.54, 1.807) is 18.2 Å². The summed E-state index contributed by atoms with van der Waals surface area (Å²) < 4.78 is 5.14. The van der Waals surface area contributed by atoms with Crippen LogP contribution in [0.2, 0.25) is 0 Å². The number of para-hydroxylation sites is 1. The molecule has 2 aliphatic carbocycles. The third-order valence-corrected chi connectivity index (χ3v) is 7.30. The third kappa shape index (κ3) is 3.71. The Labute approximate surface area is 192 Å². The maximum Gasteiger partial charge on any atom is 0.338 e. The van der Waals surface area contributed by atoms with Gasteiger partial charge in [0.2, 0.25) is 11.8 Å². The lowest BCUT2D eigenvalue weighted by atomic mass is 9.81. The Kier molecular flexibility index (Phi) is 5.48. The number of nitrogens with zero attached hydrogens (tertiary/aromatic N) is 1. The molecule has 1 aliphatic heterocycles. The first-order valence-electron chi connectivity index (χ1n) is 11.5. The van der Waals surface area contributed by atoms with Gasteiger partial charge in [-0.1, -0.05) is 25.1 Å². The zero-order chi connectivity index (χ0) is 23.1. The fourth-order valence-corrected chi connectivity index (χ4v) is 5.76. The van der Waals surface area contributed by atoms with Gasteiger partial charge in [0.15, 0.2) is 6.61 Å². The molecule has 0 unspecified atom stereocenters. The molecule has 4 atom stereocenters. The number of ether oxygens (including phenoxy) is 1. The van der Waals surface area contributed by atoms with Gasteiger partial charge in [-0.2, -0.15) is 0 Å². The highest BCUT2D eigenvalue weighted by atomic mass is 16.5. The van der Waals surface area contributed by atoms with Crippen molar-refractivity contribution in [1.29, 1.82) is 0 Å². The summed E-state index contributed by atoms with van der Waals surface area (Å²) in [4.78, 5) is 51.8. The molecule has 0 spiro atoms. The van der Waals surface area contributed by atoms with E-state index in [1.807, 2.05) is 25.1 Å². The minimum atomic E-state index is -0.644. The lowest BCUT2D eigenvalue weighted by molar-refractivity contribution is -0.123. The standard InChI is InChI=1S/C26H26N2O5/c1-2-15-5-3-4-6-20(15)27-21(29)14-33-26(32)16-9-11-19(12-10-16)28-24(30)22-17-7-8-18(13-17)23(22)25(28)31/h3-6,9-12,17-18,22-23H,2,7-8,13-14H2,1H3,(H,27,29)/t17-,18-,22+,23+/m0/s1. The number of benzene rings is 2. The molecule has 1 saturated heterocycles. The molecule has 2 saturated carbocycles. The number of imide groups is 1. The number of anilines is 2. The van der Waals surface area contributed by atoms with Gasteiger partial charge in [-0.15, -0.1) is 0 Å². The van der Waals surface area contributed by atoms with Crippen molar-refractivity contribution in [3.05, 3.63) is 59.7 Å². The van der Waals surface area contributed by atoms with E-state index in [-0.39, 0.29) is 29.2 Å². The minimum absolute atomic E-state index is 0.114. The van der Waals surface area contributed by atoms with Crippen molar-refractivity contribution in [2.24, 2.45) is 23.7 Å². The smallest absolute Gasteiger partial charge is 0.338 e. The number of esters is 1. The molecule has 7 nitrogen and oxygen atoms in total. The van der Waals surface area contributed by atoms with Gasteiger partial charge in [0, 0.05) is 5.69 Å². The van der Waals surface area contributed by atoms with E-state index in [0.717, 1.165) is 31.2 Å². The molecule has 1 N–H and O–H groups in total. The van der Waals surface area contributed by atoms with Gasteiger partial charge in [-0.25, -0.2) is 4.79 Å². The molecule has 3 fully saturated rings. The number of nitrogens with one attached hydrogen (secondary N) is 1. The molecule has 33 heavy (non-hydrogen) atoms. The second-order valence-corrected chi connectivity index (χ2v) is 9.08. The summed E-state index contributed by atoms with van der Waals surface area (Å²) in [6, 6.07) is 13.7. The van der Waals surface area contributed by atoms with Gasteiger partial charge in [0.25, 0.3) is 5.91 Å². The molecule has 2 bridgehead atoms. The van der Waals surface area contributed by atoms with Gasteiger partial charge in [-0.3, -0.25) is 19.3 Å². The van der Waals surface area contributed by atoms with Gasteiger partial charge in [0.05, 0.1) is 23.1 Å². The second-order valence-electron chi connectivity index (χ2n) is 9.08. The Balaban J connectivity index is 1.20. The summed E-state index contributed by atoms with van der Waals surface area (Å²) in [6.07, 6.45) is 3.82. The van der Waals surface area contributed by atoms with Crippen LogP contribution in [-0.4, -0.2) is 30.3 Å². The van der Waals surface area contributed by atoms with Crippen molar-refractivity contribution in [2.75, 3.05) is 16.8 Å². The average Bonchev–Trinajstić information content (AvgIpc) is 3.51. The number of hydrogen-bond donors (Lipinski definition) is 1. The minimum Gasteiger partial charge on any atom is -0.452 e. The van der Waals surface area contributed by atoms with Crippen LogP contribution in [0.25, 0.3) is 0 Å². The molecule has 3 amide bonds. The van der Waals surface area contributed by atoms with Crippen molar-refractivity contribution in [3.63, 3.8) is 0 Å². The van der Waals surface area contributed by atoms with E-state index >= 15 is 0 Å². The Morgan fingerprint density at radius 3 is 2.24 bits per heavy atom. The molecule has 7 heteroatoms. The van der Waals surface area contributed by atoms with Gasteiger partial charge in [0.1, 0.15) is 0 Å². The molecular formula is C26H26N2O5. The van der Waals surface area contributed by atoms with Crippen molar-refractivity contribution in [2.45, 2.75) is 32.6 Å². The summed E-state index contributed by atoms with van der Waals surface area (Å²) in [6.45, 7) is 1.59. The van der Waals surface area contributed by atoms with E-state index in [1.165, 1.54) is 17.0 Å². The van der Waals surface area contributed by atoms with E-state index < -0.39 is 18.5 Å². The Hall–Kier alpha value is -3.48. The third-order valence-electron chi connectivity index (χ3n) is 7.30. The van der Waals surface area contributed by atoms with E-state index in [0.29, 0.717) is 23.2 Å². The average molecular weight is 447 g/mol. The molecule has 1 heterocycles. The van der Waals surface area contributed by atoms with Crippen molar-refractivity contribution >= 4 is 35.1 Å². The van der Waals surface area contributed by atoms with Crippen LogP contribution in [0, 0.1) is 23.7 Å². The summed E-state index contributed by atoms with van der Waals surface area (Å²) in [5.74, 6) is -1.01. The highest BCUT2D eigenvalue weighted by molar-refractivity contribution is 6.22. The number of carbonyl (C=O) groups excluding carboxylic acids is 4. The number of amides is 3. The molecule has 2 aromatic rings. The van der Waals surface area contributed by atoms with E-state index in [9.17, 15) is 19.2 Å². The molecule has 170 valence electrons. The van der Waals surface area contributed by atoms with Crippen LogP contribution in [0.1, 0.15) is 42.1 Å². The summed E-state index contributed by atoms with van der Waals surface area (Å²) >= 11 is 0. The van der Waals surface area contributed by atoms with Crippen LogP contribution < -0.4 is 10.2 Å². The normalized spacial score (nSPS) is 25.3. The van der Waals surface area contributed by atoms with E-state index in [4.69, 9.17) is 4.74 Å². The monoisotopic (exact) mass is 446 g/mol. The first-order chi connectivity index (χ1) is 16.0. The van der Waals surface area contributed by atoms with Crippen LogP contribution in [0.5, 0.6) is 0 Å². The zero-order valence-electron chi connectivity index (χ0n) is 18.5. The molecule has 0 aromatic heterocycles. The Bertz CT molecular complexity index is 1100. The molecule has 2 aromatic carbocycles. The SMILES string of the molecule is CCc1ccccc1NC(=O)COC(=O)c1ccc(N2C(=O)[C@@H]3[C@H]4CC[C@@H](C4)[C@H]3C2=O)cc1. The van der Waals surface area contributed by atoms with Crippen molar-refractivity contribution in [1.82, 2.24) is 0 Å². The second kappa shape index (κ2) is 8.46. The number of rotatable bonds is 6. The molecule has 0 radical (unpaired) electrons. The van der Waals surface area contributed by atoms with Crippen LogP contribution >= 0.6 is 0 Å². The summed E-state index contributed by atoms with van der Waals surface area (Å²) in [7, 11) is 0. The van der Waals surface area contributed by atoms with Crippen LogP contribution in [0.3, 0.4) is 0 Å². The Morgan fingerprint density at radius 2 is 1.61 bits per heavy atom. The number of aryl methyl sites for hydroxylation is 1. The maximum absolute atomic E-state index is 12.9. The predicted molar refractivity (Wildman–Crippen MR) is 121 cm³/mol. The largest absolute Gasteiger partial charge is 0.452 e. The first-order valence-corrected chi connectivity index (χ1v) is 11.5. The van der Waals surface area contributed by atoms with Crippen LogP contribution in [0.15, 0.2) is 48.5 Å². The lowest BCUT2D eigenvalue weighted by Crippen LogP contribution is -2.32.